The van der Waals surface area contributed by atoms with Gasteiger partial charge < -0.3 is 68.5 Å². The van der Waals surface area contributed by atoms with E-state index in [1.807, 2.05) is 175 Å². The monoisotopic (exact) mass is 1750 g/mol. The molecule has 0 unspecified atom stereocenters. The van der Waals surface area contributed by atoms with Crippen LogP contribution in [0.1, 0.15) is 175 Å². The Kier molecular flexibility index (Phi) is 35.0. The average Bonchev–Trinajstić information content (AvgIpc) is 0.849. The van der Waals surface area contributed by atoms with Crippen LogP contribution in [-0.2, 0) is 0 Å². The number of aryl methyl sites for hydroxylation is 9. The molecule has 0 saturated carbocycles. The zero-order valence-corrected chi connectivity index (χ0v) is 79.0. The van der Waals surface area contributed by atoms with Crippen molar-refractivity contribution in [3.8, 4) is 5.75 Å². The largest absolute Gasteiger partial charge is 0.494 e. The smallest absolute Gasteiger partial charge is 0.225 e. The molecular formula is C94H123Cl3F2N24O. The second-order valence-corrected chi connectivity index (χ2v) is 37.3. The van der Waals surface area contributed by atoms with E-state index in [1.54, 1.807) is 36.8 Å². The van der Waals surface area contributed by atoms with Gasteiger partial charge in [0.15, 0.2) is 11.6 Å². The van der Waals surface area contributed by atoms with Crippen molar-refractivity contribution < 1.29 is 13.5 Å². The second-order valence-electron chi connectivity index (χ2n) is 36.0. The van der Waals surface area contributed by atoms with Crippen molar-refractivity contribution in [3.05, 3.63) is 241 Å². The number of benzene rings is 6. The lowest BCUT2D eigenvalue weighted by atomic mass is 10.1. The topological polar surface area (TPSA) is 308 Å². The van der Waals surface area contributed by atoms with Crippen LogP contribution in [0.2, 0.25) is 15.1 Å². The summed E-state index contributed by atoms with van der Waals surface area (Å²) in [6.45, 7) is 55.0. The van der Waals surface area contributed by atoms with E-state index in [0.717, 1.165) is 90.0 Å². The molecule has 25 nitrogen and oxygen atoms in total. The van der Waals surface area contributed by atoms with Gasteiger partial charge in [0.05, 0.1) is 12.1 Å². The summed E-state index contributed by atoms with van der Waals surface area (Å²) in [4.78, 5) is 52.8. The molecule has 0 fully saturated rings. The minimum absolute atomic E-state index is 0.0591. The summed E-state index contributed by atoms with van der Waals surface area (Å²) in [5, 5.41) is 40.6. The van der Waals surface area contributed by atoms with E-state index in [9.17, 15) is 8.78 Å². The molecule has 0 atom stereocenters. The molecule has 0 aliphatic carbocycles. The first-order chi connectivity index (χ1) is 57.8. The number of methoxy groups -OCH3 is 1. The molecule has 6 heterocycles. The van der Waals surface area contributed by atoms with Gasteiger partial charge >= 0.3 is 0 Å². The Morgan fingerprint density at radius 3 is 0.839 bits per heavy atom. The Labute approximate surface area is 746 Å². The lowest BCUT2D eigenvalue weighted by molar-refractivity contribution is 0.387. The van der Waals surface area contributed by atoms with Gasteiger partial charge in [0, 0.05) is 154 Å². The summed E-state index contributed by atoms with van der Waals surface area (Å²) in [7, 11) is 1.43. The maximum absolute atomic E-state index is 13.5. The van der Waals surface area contributed by atoms with Crippen LogP contribution in [0.15, 0.2) is 165 Å². The van der Waals surface area contributed by atoms with Gasteiger partial charge in [-0.15, -0.1) is 0 Å². The van der Waals surface area contributed by atoms with E-state index in [2.05, 4.69) is 245 Å². The van der Waals surface area contributed by atoms with Crippen LogP contribution in [0, 0.1) is 73.9 Å². The average molecular weight is 1750 g/mol. The Bertz CT molecular complexity index is 5280. The van der Waals surface area contributed by atoms with Crippen LogP contribution >= 0.6 is 34.8 Å². The number of halogens is 5. The first-order valence-electron chi connectivity index (χ1n) is 40.5. The number of hydrogen-bond acceptors (Lipinski definition) is 25. The van der Waals surface area contributed by atoms with Gasteiger partial charge in [-0.1, -0.05) is 70.7 Å². The van der Waals surface area contributed by atoms with Crippen LogP contribution in [-0.4, -0.2) is 100 Å². The standard InChI is InChI=1S/C16H21ClN4.C16H21FN4O.2C16H22N4.C15H18ClFN4.C15H19ClN4/c1-10-8-12(6-7-13(10)17)19-14-11(2)9-18-15(20-14)21-16(3,4)5;1-10-9-18-15(21-16(2,3)4)20-14(10)19-11-6-7-12(17)13(8-11)22-5;1-11-6-8-13(9-7-11)18-14-12(2)10-17-15(19-14)20-16(3,4)5;1-11-7-6-8-13(9-11)18-14-12(2)10-17-15(19-14)20-16(3,4)5;1-9-8-18-14(21-15(2,3)4)20-13(9)19-10-5-6-11(16)12(17)7-10;1-10-9-17-14(20-15(2,3)4)19-13(10)18-12-7-5-6-11(16)8-12/h6-9H,1-5H3,(H2,18,19,20,21);6-9H,1-5H3,(H2,18,19,20,21);2*6-10H,1-5H3,(H2,17,18,19,20);5-8H,1-4H3,(H2,18,19,20,21);5-9H,1-4H3,(H2,17,18,19,20). The third-order valence-electron chi connectivity index (χ3n) is 16.5. The highest BCUT2D eigenvalue weighted by Gasteiger charge is 2.20. The summed E-state index contributed by atoms with van der Waals surface area (Å²) in [5.74, 6) is 7.37. The molecule has 30 heteroatoms. The molecule has 0 aliphatic rings. The third kappa shape index (κ3) is 35.8. The van der Waals surface area contributed by atoms with E-state index in [1.165, 1.54) is 36.4 Å². The Morgan fingerprint density at radius 2 is 0.540 bits per heavy atom. The summed E-state index contributed by atoms with van der Waals surface area (Å²) < 4.78 is 31.9. The molecule has 6 aromatic heterocycles. The number of anilines is 18. The van der Waals surface area contributed by atoms with Gasteiger partial charge in [0.1, 0.15) is 40.7 Å². The van der Waals surface area contributed by atoms with Crippen molar-refractivity contribution in [2.24, 2.45) is 0 Å². The molecule has 0 saturated heterocycles. The van der Waals surface area contributed by atoms with Gasteiger partial charge in [0.2, 0.25) is 35.7 Å². The molecule has 0 bridgehead atoms. The van der Waals surface area contributed by atoms with E-state index in [4.69, 9.17) is 39.5 Å². The Hall–Kier alpha value is -12.1. The van der Waals surface area contributed by atoms with Crippen molar-refractivity contribution in [1.82, 2.24) is 59.8 Å². The number of ether oxygens (including phenoxy) is 1. The van der Waals surface area contributed by atoms with E-state index in [0.29, 0.717) is 63.7 Å². The van der Waals surface area contributed by atoms with Crippen LogP contribution in [0.25, 0.3) is 0 Å². The molecule has 0 radical (unpaired) electrons. The molecule has 0 amide bonds. The van der Waals surface area contributed by atoms with Crippen LogP contribution < -0.4 is 68.5 Å². The predicted octanol–water partition coefficient (Wildman–Crippen LogP) is 25.6. The van der Waals surface area contributed by atoms with E-state index >= 15 is 0 Å². The van der Waals surface area contributed by atoms with Crippen LogP contribution in [0.4, 0.5) is 114 Å². The summed E-state index contributed by atoms with van der Waals surface area (Å²) in [5.41, 5.74) is 13.9. The Balaban J connectivity index is 0.000000204. The van der Waals surface area contributed by atoms with Gasteiger partial charge in [0.25, 0.3) is 0 Å². The Morgan fingerprint density at radius 1 is 0.266 bits per heavy atom. The highest BCUT2D eigenvalue weighted by Crippen LogP contribution is 2.32. The van der Waals surface area contributed by atoms with Crippen molar-refractivity contribution in [1.29, 1.82) is 0 Å². The lowest BCUT2D eigenvalue weighted by Crippen LogP contribution is -2.27. The molecule has 12 N–H and O–H groups in total. The van der Waals surface area contributed by atoms with Gasteiger partial charge in [-0.3, -0.25) is 0 Å². The summed E-state index contributed by atoms with van der Waals surface area (Å²) >= 11 is 17.7. The number of aromatic nitrogens is 12. The van der Waals surface area contributed by atoms with Crippen LogP contribution in [0.5, 0.6) is 5.75 Å². The highest BCUT2D eigenvalue weighted by molar-refractivity contribution is 6.31. The van der Waals surface area contributed by atoms with Gasteiger partial charge in [-0.05, 0) is 289 Å². The van der Waals surface area contributed by atoms with Crippen molar-refractivity contribution in [3.63, 3.8) is 0 Å². The number of nitrogens with zero attached hydrogens (tertiary/aromatic N) is 12. The SMILES string of the molecule is COc1cc(Nc2nc(NC(C)(C)C)ncc2C)ccc1F.Cc1cc(Nc2nc(NC(C)(C)C)ncc2C)ccc1Cl.Cc1ccc(Nc2nc(NC(C)(C)C)ncc2C)cc1.Cc1cccc(Nc2nc(NC(C)(C)C)ncc2C)c1.Cc1cnc(NC(C)(C)C)nc1Nc1ccc(Cl)c(F)c1.Cc1cnc(NC(C)(C)C)nc1Nc1cccc(Cl)c1. The number of nitrogens with one attached hydrogen (secondary N) is 12. The van der Waals surface area contributed by atoms with Crippen LogP contribution in [0.3, 0.4) is 0 Å². The fourth-order valence-electron chi connectivity index (χ4n) is 10.6. The molecule has 12 aromatic rings. The minimum Gasteiger partial charge on any atom is -0.494 e. The van der Waals surface area contributed by atoms with E-state index < -0.39 is 11.6 Å². The normalized spacial score (nSPS) is 11.3. The van der Waals surface area contributed by atoms with Gasteiger partial charge in [-0.25, -0.2) is 38.7 Å². The maximum atomic E-state index is 13.5. The zero-order chi connectivity index (χ0) is 91.8. The van der Waals surface area contributed by atoms with E-state index in [-0.39, 0.29) is 44.0 Å². The highest BCUT2D eigenvalue weighted by atomic mass is 35.5. The predicted molar refractivity (Wildman–Crippen MR) is 515 cm³/mol. The zero-order valence-electron chi connectivity index (χ0n) is 76.8. The lowest BCUT2D eigenvalue weighted by Gasteiger charge is -2.21. The first-order valence-corrected chi connectivity index (χ1v) is 41.7. The minimum atomic E-state index is -0.471. The van der Waals surface area contributed by atoms with Crippen molar-refractivity contribution >= 4 is 140 Å². The molecule has 6 aromatic carbocycles. The van der Waals surface area contributed by atoms with Crippen molar-refractivity contribution in [2.75, 3.05) is 70.9 Å². The molecule has 660 valence electrons. The molecule has 0 aliphatic heterocycles. The first kappa shape index (κ1) is 99.0. The number of hydrogen-bond donors (Lipinski definition) is 12. The maximum Gasteiger partial charge on any atom is 0.225 e. The molecule has 12 rings (SSSR count). The second kappa shape index (κ2) is 43.8. The van der Waals surface area contributed by atoms with Gasteiger partial charge in [-0.2, -0.15) is 29.9 Å². The molecule has 0 spiro atoms. The fraction of sp³-hybridized carbons (Fsp3) is 0.362. The quantitative estimate of drug-likeness (QED) is 0.0358. The third-order valence-corrected chi connectivity index (χ3v) is 17.4. The summed E-state index contributed by atoms with van der Waals surface area (Å²) in [6.07, 6.45) is 10.7. The molecular weight excluding hydrogens is 1630 g/mol. The van der Waals surface area contributed by atoms with Crippen molar-refractivity contribution in [2.45, 2.75) is 220 Å². The summed E-state index contributed by atoms with van der Waals surface area (Å²) in [6, 6.07) is 39.0. The molecule has 124 heavy (non-hydrogen) atoms. The number of rotatable bonds is 19. The fourth-order valence-corrected chi connectivity index (χ4v) is 11.0.